The highest BCUT2D eigenvalue weighted by Gasteiger charge is 2.45. The Hall–Kier alpha value is -1.46. The molecule has 0 bridgehead atoms. The van der Waals surface area contributed by atoms with Gasteiger partial charge in [-0.2, -0.15) is 0 Å². The summed E-state index contributed by atoms with van der Waals surface area (Å²) in [5.41, 5.74) is 5.69. The Morgan fingerprint density at radius 3 is 2.92 bits per heavy atom. The summed E-state index contributed by atoms with van der Waals surface area (Å²) >= 11 is 3.69. The van der Waals surface area contributed by atoms with Gasteiger partial charge in [0.1, 0.15) is 12.1 Å². The molecule has 25 heavy (non-hydrogen) atoms. The standard InChI is InChI=1S/C20H23BrN4/c1-13-2-4-16-18(13)19(24-12-23-16)25-11-20(6-8-22-9-7-20)15-10-14(21)3-5-17(15)25/h3,5,10,12-13,22H,2,4,6-9,11H2,1H3/t13-/m1/s1. The Labute approximate surface area is 157 Å². The zero-order chi connectivity index (χ0) is 17.0. The Balaban J connectivity index is 1.67. The average Bonchev–Trinajstić information content (AvgIpc) is 3.15. The lowest BCUT2D eigenvalue weighted by Crippen LogP contribution is -2.42. The molecule has 1 spiro atoms. The highest BCUT2D eigenvalue weighted by molar-refractivity contribution is 9.10. The topological polar surface area (TPSA) is 41.1 Å². The third-order valence-corrected chi connectivity index (χ3v) is 6.84. The normalized spacial score (nSPS) is 23.8. The van der Waals surface area contributed by atoms with Crippen molar-refractivity contribution in [1.29, 1.82) is 0 Å². The van der Waals surface area contributed by atoms with Gasteiger partial charge in [0.15, 0.2) is 0 Å². The van der Waals surface area contributed by atoms with Gasteiger partial charge in [0.2, 0.25) is 0 Å². The largest absolute Gasteiger partial charge is 0.325 e. The summed E-state index contributed by atoms with van der Waals surface area (Å²) in [6.45, 7) is 5.55. The van der Waals surface area contributed by atoms with Crippen molar-refractivity contribution in [1.82, 2.24) is 15.3 Å². The van der Waals surface area contributed by atoms with Crippen LogP contribution in [0.2, 0.25) is 0 Å². The molecule has 5 heteroatoms. The molecule has 1 aromatic carbocycles. The summed E-state index contributed by atoms with van der Waals surface area (Å²) in [7, 11) is 0. The van der Waals surface area contributed by atoms with E-state index >= 15 is 0 Å². The van der Waals surface area contributed by atoms with E-state index in [4.69, 9.17) is 4.98 Å². The van der Waals surface area contributed by atoms with E-state index in [1.165, 1.54) is 46.2 Å². The maximum Gasteiger partial charge on any atom is 0.140 e. The van der Waals surface area contributed by atoms with Gasteiger partial charge in [0.05, 0.1) is 0 Å². The summed E-state index contributed by atoms with van der Waals surface area (Å²) in [6.07, 6.45) is 6.42. The minimum Gasteiger partial charge on any atom is -0.325 e. The molecule has 3 heterocycles. The molecule has 1 aliphatic carbocycles. The fourth-order valence-electron chi connectivity index (χ4n) is 5.00. The fourth-order valence-corrected chi connectivity index (χ4v) is 5.36. The first kappa shape index (κ1) is 15.8. The molecule has 3 aliphatic rings. The van der Waals surface area contributed by atoms with Gasteiger partial charge in [-0.05, 0) is 68.5 Å². The van der Waals surface area contributed by atoms with Gasteiger partial charge in [0.25, 0.3) is 0 Å². The lowest BCUT2D eigenvalue weighted by molar-refractivity contribution is 0.329. The van der Waals surface area contributed by atoms with E-state index < -0.39 is 0 Å². The van der Waals surface area contributed by atoms with Crippen LogP contribution in [0.1, 0.15) is 48.9 Å². The van der Waals surface area contributed by atoms with Crippen LogP contribution in [0.3, 0.4) is 0 Å². The Kier molecular flexibility index (Phi) is 3.64. The Morgan fingerprint density at radius 1 is 1.24 bits per heavy atom. The van der Waals surface area contributed by atoms with E-state index in [9.17, 15) is 0 Å². The lowest BCUT2D eigenvalue weighted by Gasteiger charge is -2.35. The minimum absolute atomic E-state index is 0.240. The van der Waals surface area contributed by atoms with Crippen molar-refractivity contribution in [2.45, 2.75) is 43.9 Å². The summed E-state index contributed by atoms with van der Waals surface area (Å²) in [5.74, 6) is 1.70. The molecule has 0 amide bonds. The molecule has 1 fully saturated rings. The maximum absolute atomic E-state index is 4.77. The van der Waals surface area contributed by atoms with Crippen molar-refractivity contribution in [3.8, 4) is 0 Å². The number of benzene rings is 1. The van der Waals surface area contributed by atoms with E-state index in [2.05, 4.69) is 56.3 Å². The second-order valence-corrected chi connectivity index (χ2v) is 8.69. The molecule has 5 rings (SSSR count). The van der Waals surface area contributed by atoms with Gasteiger partial charge in [-0.1, -0.05) is 22.9 Å². The molecule has 0 unspecified atom stereocenters. The molecule has 0 radical (unpaired) electrons. The van der Waals surface area contributed by atoms with E-state index in [0.29, 0.717) is 5.92 Å². The predicted molar refractivity (Wildman–Crippen MR) is 104 cm³/mol. The number of nitrogens with zero attached hydrogens (tertiary/aromatic N) is 3. The molecule has 4 nitrogen and oxygen atoms in total. The van der Waals surface area contributed by atoms with Gasteiger partial charge >= 0.3 is 0 Å². The van der Waals surface area contributed by atoms with Crippen molar-refractivity contribution in [2.24, 2.45) is 0 Å². The van der Waals surface area contributed by atoms with Crippen molar-refractivity contribution in [3.63, 3.8) is 0 Å². The number of hydrogen-bond acceptors (Lipinski definition) is 4. The molecular formula is C20H23BrN4. The summed E-state index contributed by atoms with van der Waals surface area (Å²) in [5, 5.41) is 3.53. The molecule has 1 aromatic heterocycles. The predicted octanol–water partition coefficient (Wildman–Crippen LogP) is 4.06. The first-order valence-electron chi connectivity index (χ1n) is 9.30. The molecule has 2 aliphatic heterocycles. The SMILES string of the molecule is C[C@@H]1CCc2ncnc(N3CC4(CCNCC4)c4cc(Br)ccc43)c21. The second kappa shape index (κ2) is 5.78. The van der Waals surface area contributed by atoms with Crippen molar-refractivity contribution in [2.75, 3.05) is 24.5 Å². The third kappa shape index (κ3) is 2.36. The highest BCUT2D eigenvalue weighted by Crippen LogP contribution is 2.51. The van der Waals surface area contributed by atoms with Crippen LogP contribution in [0.5, 0.6) is 0 Å². The van der Waals surface area contributed by atoms with Gasteiger partial charge in [-0.3, -0.25) is 0 Å². The van der Waals surface area contributed by atoms with Gasteiger partial charge < -0.3 is 10.2 Å². The molecule has 1 atom stereocenters. The number of aryl methyl sites for hydroxylation is 1. The van der Waals surface area contributed by atoms with Crippen LogP contribution in [0.25, 0.3) is 0 Å². The molecule has 2 aromatic rings. The number of fused-ring (bicyclic) bond motifs is 3. The lowest BCUT2D eigenvalue weighted by atomic mass is 9.75. The molecular weight excluding hydrogens is 376 g/mol. The van der Waals surface area contributed by atoms with E-state index in [0.717, 1.165) is 31.9 Å². The minimum atomic E-state index is 0.240. The summed E-state index contributed by atoms with van der Waals surface area (Å²) in [6, 6.07) is 6.77. The van der Waals surface area contributed by atoms with E-state index in [1.54, 1.807) is 6.33 Å². The third-order valence-electron chi connectivity index (χ3n) is 6.35. The number of aromatic nitrogens is 2. The smallest absolute Gasteiger partial charge is 0.140 e. The van der Waals surface area contributed by atoms with Crippen LogP contribution in [0.15, 0.2) is 29.0 Å². The van der Waals surface area contributed by atoms with E-state index in [1.807, 2.05) is 0 Å². The maximum atomic E-state index is 4.77. The van der Waals surface area contributed by atoms with Gasteiger partial charge in [0, 0.05) is 33.4 Å². The van der Waals surface area contributed by atoms with Gasteiger partial charge in [-0.15, -0.1) is 0 Å². The Bertz CT molecular complexity index is 828. The second-order valence-electron chi connectivity index (χ2n) is 7.78. The fraction of sp³-hybridized carbons (Fsp3) is 0.500. The van der Waals surface area contributed by atoms with Crippen molar-refractivity contribution < 1.29 is 0 Å². The zero-order valence-electron chi connectivity index (χ0n) is 14.6. The quantitative estimate of drug-likeness (QED) is 0.785. The first-order valence-corrected chi connectivity index (χ1v) is 10.1. The monoisotopic (exact) mass is 398 g/mol. The first-order chi connectivity index (χ1) is 12.2. The zero-order valence-corrected chi connectivity index (χ0v) is 16.1. The van der Waals surface area contributed by atoms with Crippen LogP contribution in [0.4, 0.5) is 11.5 Å². The van der Waals surface area contributed by atoms with Crippen molar-refractivity contribution in [3.05, 3.63) is 45.8 Å². The highest BCUT2D eigenvalue weighted by atomic mass is 79.9. The molecule has 1 saturated heterocycles. The molecule has 0 saturated carbocycles. The van der Waals surface area contributed by atoms with Crippen molar-refractivity contribution >= 4 is 27.4 Å². The Morgan fingerprint density at radius 2 is 2.08 bits per heavy atom. The number of halogens is 1. The number of rotatable bonds is 1. The number of nitrogens with one attached hydrogen (secondary N) is 1. The average molecular weight is 399 g/mol. The van der Waals surface area contributed by atoms with Crippen LogP contribution >= 0.6 is 15.9 Å². The van der Waals surface area contributed by atoms with Crippen LogP contribution in [-0.2, 0) is 11.8 Å². The van der Waals surface area contributed by atoms with Crippen LogP contribution in [0, 0.1) is 0 Å². The number of piperidine rings is 1. The van der Waals surface area contributed by atoms with Crippen LogP contribution < -0.4 is 10.2 Å². The van der Waals surface area contributed by atoms with E-state index in [-0.39, 0.29) is 5.41 Å². The number of hydrogen-bond donors (Lipinski definition) is 1. The summed E-state index contributed by atoms with van der Waals surface area (Å²) in [4.78, 5) is 11.8. The van der Waals surface area contributed by atoms with Crippen LogP contribution in [-0.4, -0.2) is 29.6 Å². The summed E-state index contributed by atoms with van der Waals surface area (Å²) < 4.78 is 1.17. The number of anilines is 2. The van der Waals surface area contributed by atoms with Gasteiger partial charge in [-0.25, -0.2) is 9.97 Å². The molecule has 1 N–H and O–H groups in total. The molecule has 130 valence electrons.